The van der Waals surface area contributed by atoms with Crippen LogP contribution in [-0.2, 0) is 38.1 Å². The van der Waals surface area contributed by atoms with Gasteiger partial charge in [-0.3, -0.25) is 33.0 Å². The molecule has 4 N–H and O–H groups in total. The number of halogens is 12. The van der Waals surface area contributed by atoms with Crippen molar-refractivity contribution in [3.8, 4) is 51.3 Å². The number of nitrogens with one attached hydrogen (secondary N) is 1. The van der Waals surface area contributed by atoms with Crippen LogP contribution in [0.25, 0.3) is 22.3 Å². The molecule has 3 heterocycles. The van der Waals surface area contributed by atoms with Crippen LogP contribution < -0.4 is 34.7 Å². The van der Waals surface area contributed by atoms with Gasteiger partial charge in [0.25, 0.3) is 0 Å². The number of nitrogens with zero attached hydrogens (tertiary/aromatic N) is 2. The first kappa shape index (κ1) is 109. The van der Waals surface area contributed by atoms with Crippen molar-refractivity contribution in [2.45, 2.75) is 138 Å². The van der Waals surface area contributed by atoms with Gasteiger partial charge < -0.3 is 58.0 Å². The maximum Gasteiger partial charge on any atom is 0.523 e. The first-order chi connectivity index (χ1) is 51.9. The third kappa shape index (κ3) is 45.1. The molecule has 0 aliphatic rings. The van der Waals surface area contributed by atoms with E-state index in [4.69, 9.17) is 111 Å². The Morgan fingerprint density at radius 1 is 0.545 bits per heavy atom. The van der Waals surface area contributed by atoms with E-state index in [1.807, 2.05) is 73.6 Å². The SMILES string of the molecule is CC(C)(C)OC(=O)CBr.CC(C)(C)OCCO.CC(C)(C)OCCOS(=O)(=O)C(F)(F)F.CCC(=O)Cl.CCC(=O)c1ccc(Cl)cc1-c1cc(=O)[nH]cc1OC.CCC(=O)c1ccc(Cl)cc1-c1cc(OC)ncc1OC.CCC(=O)c1ccc(Cl)cc1Br.COc1cc(B(O)O)c(OC)cn1.Clc1ccc(I)c(Br)c1. The lowest BCUT2D eigenvalue weighted by atomic mass is 9.80. The molecule has 0 radical (unpaired) electrons. The van der Waals surface area contributed by atoms with Gasteiger partial charge in [-0.25, -0.2) is 9.97 Å². The Morgan fingerprint density at radius 2 is 0.946 bits per heavy atom. The van der Waals surface area contributed by atoms with Crippen molar-refractivity contribution in [1.29, 1.82) is 0 Å². The number of esters is 1. The molecule has 0 unspecified atom stereocenters. The zero-order chi connectivity index (χ0) is 86.7. The Labute approximate surface area is 717 Å². The molecule has 0 fully saturated rings. The number of hydrogen-bond donors (Lipinski definition) is 4. The van der Waals surface area contributed by atoms with Gasteiger partial charge in [-0.1, -0.05) is 90.0 Å². The van der Waals surface area contributed by atoms with E-state index in [0.717, 1.165) is 19.5 Å². The Hall–Kier alpha value is -5.54. The van der Waals surface area contributed by atoms with Crippen LogP contribution in [0, 0.1) is 3.57 Å². The summed E-state index contributed by atoms with van der Waals surface area (Å²) < 4.78 is 103. The van der Waals surface area contributed by atoms with Crippen molar-refractivity contribution in [3.05, 3.63) is 169 Å². The van der Waals surface area contributed by atoms with Gasteiger partial charge in [0.05, 0.1) is 85.6 Å². The van der Waals surface area contributed by atoms with E-state index in [9.17, 15) is 50.4 Å². The summed E-state index contributed by atoms with van der Waals surface area (Å²) in [6, 6.07) is 25.6. The quantitative estimate of drug-likeness (QED) is 0.00468. The number of alkyl halides is 4. The molecule has 622 valence electrons. The van der Waals surface area contributed by atoms with Crippen LogP contribution in [-0.4, -0.2) is 164 Å². The zero-order valence-corrected chi connectivity index (χ0v) is 76.5. The molecule has 37 heteroatoms. The van der Waals surface area contributed by atoms with Crippen LogP contribution >= 0.6 is 128 Å². The van der Waals surface area contributed by atoms with Crippen molar-refractivity contribution < 1.29 is 103 Å². The van der Waals surface area contributed by atoms with E-state index >= 15 is 0 Å². The highest BCUT2D eigenvalue weighted by atomic mass is 127. The van der Waals surface area contributed by atoms with E-state index in [1.165, 1.54) is 56.5 Å². The number of rotatable bonds is 22. The topological polar surface area (TPSA) is 322 Å². The van der Waals surface area contributed by atoms with Gasteiger partial charge in [0, 0.05) is 116 Å². The Bertz CT molecular complexity index is 4270. The van der Waals surface area contributed by atoms with Crippen molar-refractivity contribution in [2.75, 3.05) is 67.3 Å². The molecule has 7 rings (SSSR count). The fraction of sp³-hybridized carbons (Fsp3) is 0.413. The van der Waals surface area contributed by atoms with E-state index in [-0.39, 0.29) is 69.3 Å². The first-order valence-corrected chi connectivity index (χ1v) is 40.4. The summed E-state index contributed by atoms with van der Waals surface area (Å²) in [7, 11) is 0.380. The third-order valence-corrected chi connectivity index (χ3v) is 18.5. The van der Waals surface area contributed by atoms with Crippen LogP contribution in [0.15, 0.2) is 123 Å². The van der Waals surface area contributed by atoms with E-state index in [1.54, 1.807) is 109 Å². The van der Waals surface area contributed by atoms with Crippen molar-refractivity contribution in [1.82, 2.24) is 15.0 Å². The molecule has 4 aromatic carbocycles. The molecule has 0 atom stereocenters. The van der Waals surface area contributed by atoms with Crippen molar-refractivity contribution in [2.24, 2.45) is 0 Å². The minimum Gasteiger partial charge on any atom is -0.495 e. The normalized spacial score (nSPS) is 10.7. The number of benzene rings is 4. The van der Waals surface area contributed by atoms with E-state index in [0.29, 0.717) is 110 Å². The molecule has 112 heavy (non-hydrogen) atoms. The molecule has 0 saturated carbocycles. The highest BCUT2D eigenvalue weighted by Gasteiger charge is 2.47. The van der Waals surface area contributed by atoms with Gasteiger partial charge in [0.15, 0.2) is 17.3 Å². The Kier molecular flexibility index (Phi) is 53.4. The molecule has 23 nitrogen and oxygen atoms in total. The number of ether oxygens (including phenoxy) is 8. The molecule has 3 aromatic heterocycles. The molecule has 0 amide bonds. The van der Waals surface area contributed by atoms with E-state index in [2.05, 4.69) is 89.5 Å². The number of aliphatic hydroxyl groups excluding tert-OH is 1. The van der Waals surface area contributed by atoms with Crippen LogP contribution in [0.1, 0.15) is 147 Å². The predicted octanol–water partition coefficient (Wildman–Crippen LogP) is 18.8. The maximum absolute atomic E-state index is 12.1. The lowest BCUT2D eigenvalue weighted by Gasteiger charge is -2.19. The first-order valence-electron chi connectivity index (χ1n) is 33.3. The fourth-order valence-corrected chi connectivity index (χ4v) is 10.5. The highest BCUT2D eigenvalue weighted by molar-refractivity contribution is 14.1. The van der Waals surface area contributed by atoms with Crippen LogP contribution in [0.2, 0.25) is 20.1 Å². The number of pyridine rings is 3. The van der Waals surface area contributed by atoms with E-state index < -0.39 is 35.0 Å². The number of Topliss-reactive ketones (excluding diaryl/α,β-unsaturated/α-hetero) is 3. The number of methoxy groups -OCH3 is 5. The summed E-state index contributed by atoms with van der Waals surface area (Å²) >= 11 is 40.2. The molecule has 0 saturated heterocycles. The number of aromatic nitrogens is 3. The summed E-state index contributed by atoms with van der Waals surface area (Å²) in [5.74, 6) is 2.04. The van der Waals surface area contributed by atoms with Crippen molar-refractivity contribution in [3.63, 3.8) is 0 Å². The average molecular weight is 2000 g/mol. The summed E-state index contributed by atoms with van der Waals surface area (Å²) in [4.78, 5) is 77.6. The lowest BCUT2D eigenvalue weighted by Crippen LogP contribution is -2.31. The second-order valence-electron chi connectivity index (χ2n) is 24.7. The van der Waals surface area contributed by atoms with Gasteiger partial charge in [-0.05, 0) is 212 Å². The summed E-state index contributed by atoms with van der Waals surface area (Å²) in [6.45, 7) is 23.3. The third-order valence-electron chi connectivity index (χ3n) is 12.8. The molecular formula is C75H94BBr3Cl5F3IN3O20S. The summed E-state index contributed by atoms with van der Waals surface area (Å²) in [5.41, 5.74) is -2.01. The fourth-order valence-electron chi connectivity index (χ4n) is 7.67. The molecule has 0 aliphatic carbocycles. The smallest absolute Gasteiger partial charge is 0.495 e. The standard InChI is InChI=1S/C16H16ClNO3.C15H14ClNO3.C9H8BrClO.C7H10BNO4.C7H13F3O4S.C6H3BrClI.C6H11BrO2.C6H14O2.C3H5ClO/c1-4-14(19)11-6-5-10(17)7-12(11)13-8-16(21-3)18-9-15(13)20-2;1-3-13(18)10-5-4-9(16)6-11(10)12-7-15(19)17-8-14(12)20-2;1-2-9(12)7-4-3-6(11)5-8(7)10;1-12-6-4-9-7(13-2)3-5(6)8(10)11;1-6(2,3)13-4-5-14-15(11,12)7(8,9)10;7-5-3-4(8)1-2-6(5)9;1-6(2,3)9-5(8)4-7;1-6(2,3)8-5-4-7;1-2-3(4)5/h5-9H,4H2,1-3H3;4-8H,3H2,1-2H3,(H,17,19);3-5H,2H2,1H3;3-4,10-11H,1-2H3;4-5H2,1-3H3;1-3H;4H2,1-3H3;7H,4-5H2,1-3H3;2H2,1H3. The van der Waals surface area contributed by atoms with Crippen molar-refractivity contribution >= 4 is 180 Å². The molecule has 0 bridgehead atoms. The predicted molar refractivity (Wildman–Crippen MR) is 454 cm³/mol. The number of aliphatic hydroxyl groups is 1. The highest BCUT2D eigenvalue weighted by Crippen LogP contribution is 2.37. The molecule has 0 spiro atoms. The number of carbonyl (C=O) groups excluding carboxylic acids is 5. The monoisotopic (exact) mass is 2000 g/mol. The molecular weight excluding hydrogens is 1910 g/mol. The zero-order valence-electron chi connectivity index (χ0n) is 65.0. The van der Waals surface area contributed by atoms with Crippen LogP contribution in [0.3, 0.4) is 0 Å². The summed E-state index contributed by atoms with van der Waals surface area (Å²) in [6.07, 6.45) is 6.14. The Morgan fingerprint density at radius 3 is 1.29 bits per heavy atom. The number of aromatic amines is 1. The number of ketones is 3. The van der Waals surface area contributed by atoms with Gasteiger partial charge >= 0.3 is 28.7 Å². The number of H-pyrrole nitrogens is 1. The van der Waals surface area contributed by atoms with Gasteiger partial charge in [0.1, 0.15) is 28.2 Å². The maximum atomic E-state index is 12.1. The Balaban J connectivity index is 0. The second kappa shape index (κ2) is 55.1. The number of carbonyl (C=O) groups is 5. The van der Waals surface area contributed by atoms with Crippen LogP contribution in [0.5, 0.6) is 29.0 Å². The van der Waals surface area contributed by atoms with Gasteiger partial charge in [-0.2, -0.15) is 21.6 Å². The summed E-state index contributed by atoms with van der Waals surface area (Å²) in [5, 5.41) is 28.6. The lowest BCUT2D eigenvalue weighted by molar-refractivity contribution is -0.151. The molecule has 0 aliphatic heterocycles. The number of hydrogen-bond acceptors (Lipinski definition) is 22. The minimum absolute atomic E-state index is 0.0148. The minimum atomic E-state index is -5.50. The average Bonchev–Trinajstić information content (AvgIpc) is 0.797. The second-order valence-corrected chi connectivity index (χ2v) is 31.9. The van der Waals surface area contributed by atoms with Gasteiger partial charge in [0.2, 0.25) is 22.6 Å². The van der Waals surface area contributed by atoms with Gasteiger partial charge in [-0.15, -0.1) is 0 Å². The largest absolute Gasteiger partial charge is 0.523 e. The molecule has 7 aromatic rings. The van der Waals surface area contributed by atoms with Crippen LogP contribution in [0.4, 0.5) is 13.2 Å².